The van der Waals surface area contributed by atoms with Crippen LogP contribution in [0.15, 0.2) is 91.0 Å². The standard InChI is InChI=1S/C28H30OP.BrH/c1-27(2)22-18-19-28(27,26(29)20-22)21-30(23-12-6-3-7-13-23,24-14-8-4-9-15-24)25-16-10-5-11-17-25;/h3-17,22H,18-21H2,1-2H3;1H/q+1;/p-1. The summed E-state index contributed by atoms with van der Waals surface area (Å²) in [6, 6.07) is 33.0. The van der Waals surface area contributed by atoms with E-state index in [0.29, 0.717) is 11.7 Å². The van der Waals surface area contributed by atoms with Gasteiger partial charge in [0.05, 0.1) is 11.6 Å². The zero-order valence-electron chi connectivity index (χ0n) is 18.3. The summed E-state index contributed by atoms with van der Waals surface area (Å²) in [7, 11) is -2.00. The lowest BCUT2D eigenvalue weighted by Crippen LogP contribution is -3.00. The van der Waals surface area contributed by atoms with Gasteiger partial charge in [-0.25, -0.2) is 0 Å². The maximum absolute atomic E-state index is 13.6. The molecular formula is C28H30BrOP. The smallest absolute Gasteiger partial charge is 0.143 e. The van der Waals surface area contributed by atoms with E-state index in [0.717, 1.165) is 19.0 Å². The van der Waals surface area contributed by atoms with Crippen LogP contribution in [0.2, 0.25) is 0 Å². The average Bonchev–Trinajstić information content (AvgIpc) is 3.14. The Hall–Kier alpha value is -1.76. The van der Waals surface area contributed by atoms with Crippen molar-refractivity contribution >= 4 is 29.0 Å². The van der Waals surface area contributed by atoms with Gasteiger partial charge in [-0.05, 0) is 60.6 Å². The minimum atomic E-state index is -2.00. The van der Waals surface area contributed by atoms with E-state index < -0.39 is 7.26 Å². The highest BCUT2D eigenvalue weighted by atomic mass is 79.9. The van der Waals surface area contributed by atoms with Gasteiger partial charge in [0.1, 0.15) is 29.0 Å². The van der Waals surface area contributed by atoms with Crippen LogP contribution in [0.3, 0.4) is 0 Å². The van der Waals surface area contributed by atoms with Gasteiger partial charge in [0, 0.05) is 6.42 Å². The first kappa shape index (κ1) is 22.4. The second-order valence-corrected chi connectivity index (χ2v) is 13.1. The Morgan fingerprint density at radius 2 is 1.19 bits per heavy atom. The van der Waals surface area contributed by atoms with E-state index in [4.69, 9.17) is 0 Å². The van der Waals surface area contributed by atoms with E-state index in [1.54, 1.807) is 0 Å². The van der Waals surface area contributed by atoms with Crippen LogP contribution in [0.25, 0.3) is 0 Å². The molecule has 5 rings (SSSR count). The van der Waals surface area contributed by atoms with Crippen molar-refractivity contribution in [1.29, 1.82) is 0 Å². The van der Waals surface area contributed by atoms with Gasteiger partial charge >= 0.3 is 0 Å². The molecule has 2 fully saturated rings. The third kappa shape index (κ3) is 3.26. The van der Waals surface area contributed by atoms with Crippen LogP contribution in [0.1, 0.15) is 33.1 Å². The number of ketones is 1. The van der Waals surface area contributed by atoms with Crippen molar-refractivity contribution < 1.29 is 21.8 Å². The normalized spacial score (nSPS) is 24.1. The third-order valence-corrected chi connectivity index (χ3v) is 12.8. The molecule has 0 amide bonds. The lowest BCUT2D eigenvalue weighted by atomic mass is 9.70. The second kappa shape index (κ2) is 8.30. The lowest BCUT2D eigenvalue weighted by molar-refractivity contribution is -0.127. The average molecular weight is 493 g/mol. The SMILES string of the molecule is CC1(C)C2CCC1(C[P+](c1ccccc1)(c1ccccc1)c1ccccc1)C(=O)C2.[Br-]. The fourth-order valence-electron chi connectivity index (χ4n) is 6.31. The first-order valence-corrected chi connectivity index (χ1v) is 13.1. The molecule has 2 aliphatic carbocycles. The van der Waals surface area contributed by atoms with Gasteiger partial charge in [-0.15, -0.1) is 0 Å². The third-order valence-electron chi connectivity index (χ3n) is 8.24. The molecule has 2 bridgehead atoms. The Morgan fingerprint density at radius 1 is 0.774 bits per heavy atom. The fourth-order valence-corrected chi connectivity index (χ4v) is 11.4. The second-order valence-electron chi connectivity index (χ2n) is 9.64. The van der Waals surface area contributed by atoms with E-state index in [9.17, 15) is 4.79 Å². The van der Waals surface area contributed by atoms with Gasteiger partial charge in [0.15, 0.2) is 0 Å². The fraction of sp³-hybridized carbons (Fsp3) is 0.321. The largest absolute Gasteiger partial charge is 1.00 e. The van der Waals surface area contributed by atoms with Crippen molar-refractivity contribution in [1.82, 2.24) is 0 Å². The summed E-state index contributed by atoms with van der Waals surface area (Å²) in [6.07, 6.45) is 3.95. The van der Waals surface area contributed by atoms with Crippen LogP contribution in [0.5, 0.6) is 0 Å². The first-order chi connectivity index (χ1) is 14.5. The van der Waals surface area contributed by atoms with Gasteiger partial charge in [-0.1, -0.05) is 68.4 Å². The van der Waals surface area contributed by atoms with Gasteiger partial charge in [0.2, 0.25) is 0 Å². The van der Waals surface area contributed by atoms with Gasteiger partial charge < -0.3 is 17.0 Å². The van der Waals surface area contributed by atoms with Crippen molar-refractivity contribution in [3.63, 3.8) is 0 Å². The number of carbonyl (C=O) groups excluding carboxylic acids is 1. The number of rotatable bonds is 5. The van der Waals surface area contributed by atoms with Crippen LogP contribution >= 0.6 is 7.26 Å². The highest BCUT2D eigenvalue weighted by Crippen LogP contribution is 2.71. The maximum atomic E-state index is 13.6. The van der Waals surface area contributed by atoms with E-state index in [1.165, 1.54) is 22.3 Å². The molecule has 3 heteroatoms. The lowest BCUT2D eigenvalue weighted by Gasteiger charge is -2.41. The monoisotopic (exact) mass is 492 g/mol. The molecule has 3 aromatic carbocycles. The molecule has 0 aromatic heterocycles. The molecule has 31 heavy (non-hydrogen) atoms. The van der Waals surface area contributed by atoms with Gasteiger partial charge in [0.25, 0.3) is 0 Å². The molecular weight excluding hydrogens is 463 g/mol. The Morgan fingerprint density at radius 3 is 1.52 bits per heavy atom. The molecule has 0 heterocycles. The Bertz CT molecular complexity index is 951. The van der Waals surface area contributed by atoms with Gasteiger partial charge in [-0.3, -0.25) is 4.79 Å². The summed E-state index contributed by atoms with van der Waals surface area (Å²) >= 11 is 0. The summed E-state index contributed by atoms with van der Waals surface area (Å²) in [6.45, 7) is 4.73. The number of hydrogen-bond acceptors (Lipinski definition) is 1. The molecule has 2 unspecified atom stereocenters. The summed E-state index contributed by atoms with van der Waals surface area (Å²) in [5, 5.41) is 4.15. The van der Waals surface area contributed by atoms with E-state index in [1.807, 2.05) is 0 Å². The number of carbonyl (C=O) groups is 1. The van der Waals surface area contributed by atoms with E-state index >= 15 is 0 Å². The molecule has 3 aromatic rings. The summed E-state index contributed by atoms with van der Waals surface area (Å²) in [4.78, 5) is 13.6. The number of halogens is 1. The maximum Gasteiger partial charge on any atom is 0.143 e. The zero-order chi connectivity index (χ0) is 20.8. The minimum Gasteiger partial charge on any atom is -1.00 e. The minimum absolute atomic E-state index is 0. The summed E-state index contributed by atoms with van der Waals surface area (Å²) in [5.41, 5.74) is -0.166. The number of benzene rings is 3. The molecule has 0 N–H and O–H groups in total. The topological polar surface area (TPSA) is 17.1 Å². The molecule has 160 valence electrons. The zero-order valence-corrected chi connectivity index (χ0v) is 20.8. The summed E-state index contributed by atoms with van der Waals surface area (Å²) < 4.78 is 0. The van der Waals surface area contributed by atoms with Crippen LogP contribution in [-0.4, -0.2) is 11.9 Å². The molecule has 0 spiro atoms. The Balaban J connectivity index is 0.00000231. The van der Waals surface area contributed by atoms with E-state index in [2.05, 4.69) is 105 Å². The molecule has 1 nitrogen and oxygen atoms in total. The summed E-state index contributed by atoms with van der Waals surface area (Å²) in [5.74, 6) is 1.05. The molecule has 0 radical (unpaired) electrons. The van der Waals surface area contributed by atoms with Crippen molar-refractivity contribution in [3.05, 3.63) is 91.0 Å². The number of Topliss-reactive ketones (excluding diaryl/α,β-unsaturated/α-hetero) is 1. The molecule has 2 atom stereocenters. The Labute approximate surface area is 197 Å². The molecule has 0 aliphatic heterocycles. The van der Waals surface area contributed by atoms with Crippen molar-refractivity contribution in [2.45, 2.75) is 33.1 Å². The van der Waals surface area contributed by atoms with Crippen molar-refractivity contribution in [2.75, 3.05) is 6.16 Å². The molecule has 2 saturated carbocycles. The molecule has 0 saturated heterocycles. The predicted octanol–water partition coefficient (Wildman–Crippen LogP) is 2.38. The van der Waals surface area contributed by atoms with Crippen molar-refractivity contribution in [3.8, 4) is 0 Å². The highest BCUT2D eigenvalue weighted by molar-refractivity contribution is 7.95. The van der Waals surface area contributed by atoms with Crippen molar-refractivity contribution in [2.24, 2.45) is 16.7 Å². The Kier molecular flexibility index (Phi) is 6.01. The quantitative estimate of drug-likeness (QED) is 0.499. The van der Waals surface area contributed by atoms with Crippen LogP contribution in [-0.2, 0) is 4.79 Å². The first-order valence-electron chi connectivity index (χ1n) is 11.1. The predicted molar refractivity (Wildman–Crippen MR) is 129 cm³/mol. The van der Waals surface area contributed by atoms with Gasteiger partial charge in [-0.2, -0.15) is 0 Å². The van der Waals surface area contributed by atoms with Crippen LogP contribution in [0.4, 0.5) is 0 Å². The number of hydrogen-bond donors (Lipinski definition) is 0. The molecule has 2 aliphatic rings. The number of fused-ring (bicyclic) bond motifs is 2. The van der Waals surface area contributed by atoms with E-state index in [-0.39, 0.29) is 27.8 Å². The van der Waals surface area contributed by atoms with Crippen LogP contribution < -0.4 is 32.9 Å². The van der Waals surface area contributed by atoms with Crippen LogP contribution in [0, 0.1) is 16.7 Å². The highest BCUT2D eigenvalue weighted by Gasteiger charge is 2.68.